The maximum absolute atomic E-state index is 12.4. The summed E-state index contributed by atoms with van der Waals surface area (Å²) < 4.78 is 5.52. The third-order valence-electron chi connectivity index (χ3n) is 5.63. The SMILES string of the molecule is C[C@@H](CC(=O)NCCc1nc(C(=O)O)cs1)NC(=O)OCC1c2ccccc2-c2ccccc21. The van der Waals surface area contributed by atoms with Crippen molar-refractivity contribution in [3.05, 3.63) is 75.7 Å². The quantitative estimate of drug-likeness (QED) is 0.430. The number of carboxylic acids is 1. The van der Waals surface area contributed by atoms with E-state index in [0.29, 0.717) is 18.0 Å². The van der Waals surface area contributed by atoms with Crippen LogP contribution in [0.3, 0.4) is 0 Å². The number of thiazole rings is 1. The van der Waals surface area contributed by atoms with Gasteiger partial charge in [-0.1, -0.05) is 48.5 Å². The van der Waals surface area contributed by atoms with Crippen molar-refractivity contribution in [2.75, 3.05) is 13.2 Å². The van der Waals surface area contributed by atoms with E-state index in [4.69, 9.17) is 9.84 Å². The molecule has 2 amide bonds. The first kappa shape index (κ1) is 23.4. The van der Waals surface area contributed by atoms with Crippen LogP contribution in [0.2, 0.25) is 0 Å². The molecule has 1 aliphatic rings. The van der Waals surface area contributed by atoms with Gasteiger partial charge in [0, 0.05) is 36.7 Å². The van der Waals surface area contributed by atoms with Crippen molar-refractivity contribution >= 4 is 29.3 Å². The second-order valence-electron chi connectivity index (χ2n) is 8.11. The maximum atomic E-state index is 12.4. The molecule has 0 saturated carbocycles. The molecule has 34 heavy (non-hydrogen) atoms. The third kappa shape index (κ3) is 5.43. The molecule has 1 aliphatic carbocycles. The van der Waals surface area contributed by atoms with Crippen molar-refractivity contribution in [3.63, 3.8) is 0 Å². The summed E-state index contributed by atoms with van der Waals surface area (Å²) in [7, 11) is 0. The number of nitrogens with one attached hydrogen (secondary N) is 2. The first-order chi connectivity index (χ1) is 16.4. The Morgan fingerprint density at radius 1 is 1.09 bits per heavy atom. The number of aromatic nitrogens is 1. The van der Waals surface area contributed by atoms with Gasteiger partial charge in [0.25, 0.3) is 0 Å². The minimum absolute atomic E-state index is 0.00670. The second-order valence-corrected chi connectivity index (χ2v) is 9.05. The number of carboxylic acid groups (broad SMARTS) is 1. The lowest BCUT2D eigenvalue weighted by atomic mass is 9.98. The molecule has 0 aliphatic heterocycles. The van der Waals surface area contributed by atoms with Crippen molar-refractivity contribution in [2.45, 2.75) is 31.7 Å². The fourth-order valence-electron chi connectivity index (χ4n) is 4.08. The van der Waals surface area contributed by atoms with Gasteiger partial charge in [-0.25, -0.2) is 14.6 Å². The van der Waals surface area contributed by atoms with Gasteiger partial charge in [0.2, 0.25) is 5.91 Å². The Hall–Kier alpha value is -3.72. The number of nitrogens with zero attached hydrogens (tertiary/aromatic N) is 1. The van der Waals surface area contributed by atoms with Crippen molar-refractivity contribution in [1.29, 1.82) is 0 Å². The average molecular weight is 480 g/mol. The first-order valence-electron chi connectivity index (χ1n) is 11.0. The number of alkyl carbamates (subject to hydrolysis) is 1. The van der Waals surface area contributed by atoms with Gasteiger partial charge < -0.3 is 20.5 Å². The number of hydrogen-bond donors (Lipinski definition) is 3. The van der Waals surface area contributed by atoms with Crippen molar-refractivity contribution < 1.29 is 24.2 Å². The minimum atomic E-state index is -1.07. The molecule has 4 rings (SSSR count). The first-order valence-corrected chi connectivity index (χ1v) is 11.9. The number of fused-ring (bicyclic) bond motifs is 3. The highest BCUT2D eigenvalue weighted by Crippen LogP contribution is 2.44. The number of aromatic carboxylic acids is 1. The van der Waals surface area contributed by atoms with Crippen LogP contribution in [0.15, 0.2) is 53.9 Å². The fraction of sp³-hybridized carbons (Fsp3) is 0.280. The summed E-state index contributed by atoms with van der Waals surface area (Å²) in [5.41, 5.74) is 4.61. The van der Waals surface area contributed by atoms with Crippen molar-refractivity contribution in [3.8, 4) is 11.1 Å². The Morgan fingerprint density at radius 2 is 1.74 bits per heavy atom. The van der Waals surface area contributed by atoms with Gasteiger partial charge in [-0.3, -0.25) is 4.79 Å². The molecule has 9 heteroatoms. The Bertz CT molecular complexity index is 1160. The fourth-order valence-corrected chi connectivity index (χ4v) is 4.85. The Balaban J connectivity index is 1.21. The summed E-state index contributed by atoms with van der Waals surface area (Å²) in [6, 6.07) is 15.8. The number of hydrogen-bond acceptors (Lipinski definition) is 6. The predicted octanol–water partition coefficient (Wildman–Crippen LogP) is 3.82. The molecule has 2 aromatic carbocycles. The number of benzene rings is 2. The monoisotopic (exact) mass is 479 g/mol. The normalized spacial score (nSPS) is 13.0. The van der Waals surface area contributed by atoms with Crippen molar-refractivity contribution in [1.82, 2.24) is 15.6 Å². The Labute approximate surface area is 201 Å². The Morgan fingerprint density at radius 3 is 2.35 bits per heavy atom. The van der Waals surface area contributed by atoms with E-state index in [9.17, 15) is 14.4 Å². The summed E-state index contributed by atoms with van der Waals surface area (Å²) in [6.07, 6.45) is -0.0218. The van der Waals surface area contributed by atoms with E-state index >= 15 is 0 Å². The van der Waals surface area contributed by atoms with Gasteiger partial charge >= 0.3 is 12.1 Å². The number of ether oxygens (including phenoxy) is 1. The van der Waals surface area contributed by atoms with Crippen LogP contribution in [0, 0.1) is 0 Å². The zero-order valence-electron chi connectivity index (χ0n) is 18.6. The topological polar surface area (TPSA) is 118 Å². The van der Waals surface area contributed by atoms with E-state index in [1.165, 1.54) is 16.7 Å². The van der Waals surface area contributed by atoms with E-state index in [2.05, 4.69) is 39.9 Å². The molecular formula is C25H25N3O5S. The van der Waals surface area contributed by atoms with E-state index in [1.54, 1.807) is 6.92 Å². The van der Waals surface area contributed by atoms with Crippen LogP contribution in [-0.4, -0.2) is 47.3 Å². The summed E-state index contributed by atoms with van der Waals surface area (Å²) in [5, 5.41) is 16.5. The lowest BCUT2D eigenvalue weighted by molar-refractivity contribution is -0.121. The van der Waals surface area contributed by atoms with E-state index in [-0.39, 0.29) is 30.5 Å². The molecule has 3 aromatic rings. The molecule has 0 saturated heterocycles. The van der Waals surface area contributed by atoms with Crippen molar-refractivity contribution in [2.24, 2.45) is 0 Å². The highest BCUT2D eigenvalue weighted by molar-refractivity contribution is 7.09. The number of amides is 2. The standard InChI is InChI=1S/C25H25N3O5S/c1-15(12-22(29)26-11-10-23-28-21(14-34-23)24(30)31)27-25(32)33-13-20-18-8-4-2-6-16(18)17-7-3-5-9-19(17)20/h2-9,14-15,20H,10-13H2,1H3,(H,26,29)(H,27,32)(H,30,31)/t15-/m0/s1. The molecular weight excluding hydrogens is 454 g/mol. The molecule has 0 fully saturated rings. The van der Waals surface area contributed by atoms with E-state index < -0.39 is 18.1 Å². The molecule has 176 valence electrons. The van der Waals surface area contributed by atoms with Gasteiger partial charge in [-0.05, 0) is 29.2 Å². The zero-order chi connectivity index (χ0) is 24.1. The largest absolute Gasteiger partial charge is 0.476 e. The van der Waals surface area contributed by atoms with Crippen LogP contribution < -0.4 is 10.6 Å². The predicted molar refractivity (Wildman–Crippen MR) is 128 cm³/mol. The van der Waals surface area contributed by atoms with Gasteiger partial charge in [0.1, 0.15) is 6.61 Å². The second kappa shape index (κ2) is 10.5. The summed E-state index contributed by atoms with van der Waals surface area (Å²) in [4.78, 5) is 39.4. The smallest absolute Gasteiger partial charge is 0.407 e. The number of carbonyl (C=O) groups excluding carboxylic acids is 2. The lowest BCUT2D eigenvalue weighted by Crippen LogP contribution is -2.38. The van der Waals surface area contributed by atoms with Crippen LogP contribution in [0.1, 0.15) is 45.9 Å². The van der Waals surface area contributed by atoms with Gasteiger partial charge in [-0.15, -0.1) is 11.3 Å². The number of carbonyl (C=O) groups is 3. The molecule has 3 N–H and O–H groups in total. The summed E-state index contributed by atoms with van der Waals surface area (Å²) in [6.45, 7) is 2.29. The summed E-state index contributed by atoms with van der Waals surface area (Å²) >= 11 is 1.24. The molecule has 0 radical (unpaired) electrons. The highest BCUT2D eigenvalue weighted by atomic mass is 32.1. The van der Waals surface area contributed by atoms with Crippen LogP contribution in [0.25, 0.3) is 11.1 Å². The van der Waals surface area contributed by atoms with Crippen LogP contribution in [0.5, 0.6) is 0 Å². The maximum Gasteiger partial charge on any atom is 0.407 e. The zero-order valence-corrected chi connectivity index (χ0v) is 19.4. The molecule has 1 aromatic heterocycles. The minimum Gasteiger partial charge on any atom is -0.476 e. The van der Waals surface area contributed by atoms with E-state index in [1.807, 2.05) is 24.3 Å². The van der Waals surface area contributed by atoms with E-state index in [0.717, 1.165) is 22.3 Å². The van der Waals surface area contributed by atoms with Crippen LogP contribution >= 0.6 is 11.3 Å². The molecule has 1 heterocycles. The van der Waals surface area contributed by atoms with Crippen LogP contribution in [0.4, 0.5) is 4.79 Å². The molecule has 0 bridgehead atoms. The molecule has 8 nitrogen and oxygen atoms in total. The third-order valence-corrected chi connectivity index (χ3v) is 6.54. The highest BCUT2D eigenvalue weighted by Gasteiger charge is 2.29. The Kier molecular flexibility index (Phi) is 7.22. The van der Waals surface area contributed by atoms with Crippen LogP contribution in [-0.2, 0) is 16.0 Å². The number of rotatable bonds is 9. The van der Waals surface area contributed by atoms with Gasteiger partial charge in [0.15, 0.2) is 5.69 Å². The van der Waals surface area contributed by atoms with Gasteiger partial charge in [-0.2, -0.15) is 0 Å². The molecule has 1 atom stereocenters. The molecule has 0 unspecified atom stereocenters. The lowest BCUT2D eigenvalue weighted by Gasteiger charge is -2.17. The van der Waals surface area contributed by atoms with Gasteiger partial charge in [0.05, 0.1) is 5.01 Å². The molecule has 0 spiro atoms. The average Bonchev–Trinajstić information content (AvgIpc) is 3.41. The summed E-state index contributed by atoms with van der Waals surface area (Å²) in [5.74, 6) is -1.31.